The second-order valence-corrected chi connectivity index (χ2v) is 8.22. The van der Waals surface area contributed by atoms with E-state index in [1.807, 2.05) is 36.0 Å². The van der Waals surface area contributed by atoms with Crippen LogP contribution < -0.4 is 14.9 Å². The normalized spacial score (nSPS) is 24.2. The highest BCUT2D eigenvalue weighted by Crippen LogP contribution is 2.42. The molecule has 0 saturated heterocycles. The Kier molecular flexibility index (Phi) is 4.97. The fraction of sp³-hybridized carbons (Fsp3) is 0.467. The number of amides is 1. The smallest absolute Gasteiger partial charge is 0.320 e. The van der Waals surface area contributed by atoms with Gasteiger partial charge in [-0.05, 0) is 12.5 Å². The third-order valence-corrected chi connectivity index (χ3v) is 4.83. The van der Waals surface area contributed by atoms with E-state index < -0.39 is 27.9 Å². The molecule has 0 radical (unpaired) electrons. The molecule has 1 heterocycles. The maximum absolute atomic E-state index is 12.0. The summed E-state index contributed by atoms with van der Waals surface area (Å²) in [7, 11) is -1.79. The van der Waals surface area contributed by atoms with Crippen LogP contribution in [0.15, 0.2) is 24.3 Å². The molecule has 132 valence electrons. The van der Waals surface area contributed by atoms with Gasteiger partial charge >= 0.3 is 5.97 Å². The van der Waals surface area contributed by atoms with Gasteiger partial charge in [0.2, 0.25) is 10.0 Å². The number of carboxylic acids is 1. The molecular weight excluding hydrogens is 334 g/mol. The quantitative estimate of drug-likeness (QED) is 0.595. The van der Waals surface area contributed by atoms with E-state index in [-0.39, 0.29) is 23.4 Å². The fourth-order valence-electron chi connectivity index (χ4n) is 3.32. The number of nitrogens with one attached hydrogen (secondary N) is 1. The lowest BCUT2D eigenvalue weighted by molar-refractivity contribution is -0.138. The highest BCUT2D eigenvalue weighted by Gasteiger charge is 2.43. The van der Waals surface area contributed by atoms with Gasteiger partial charge in [-0.3, -0.25) is 14.1 Å². The van der Waals surface area contributed by atoms with E-state index in [1.165, 1.54) is 0 Å². The lowest BCUT2D eigenvalue weighted by Crippen LogP contribution is -2.51. The number of hydrogen-bond donors (Lipinski definition) is 3. The van der Waals surface area contributed by atoms with Crippen molar-refractivity contribution in [2.24, 2.45) is 5.73 Å². The van der Waals surface area contributed by atoms with Crippen LogP contribution in [0, 0.1) is 0 Å². The summed E-state index contributed by atoms with van der Waals surface area (Å²) in [6.07, 6.45) is 1.19. The Labute approximate surface area is 140 Å². The Morgan fingerprint density at radius 2 is 2.04 bits per heavy atom. The zero-order valence-corrected chi connectivity index (χ0v) is 14.4. The van der Waals surface area contributed by atoms with Crippen LogP contribution in [0.3, 0.4) is 0 Å². The Balaban J connectivity index is 2.26. The van der Waals surface area contributed by atoms with Gasteiger partial charge in [-0.25, -0.2) is 13.1 Å². The average Bonchev–Trinajstić information content (AvgIpc) is 2.69. The summed E-state index contributed by atoms with van der Waals surface area (Å²) in [4.78, 5) is 23.1. The number of likely N-dealkylation sites (N-methyl/N-ethyl adjacent to an activating group) is 1. The lowest BCUT2D eigenvalue weighted by Gasteiger charge is -2.29. The maximum Gasteiger partial charge on any atom is 0.320 e. The molecule has 1 aromatic carbocycles. The van der Waals surface area contributed by atoms with E-state index in [0.29, 0.717) is 6.54 Å². The number of rotatable bonds is 6. The molecule has 0 saturated carbocycles. The number of carbonyl (C=O) groups excluding carboxylic acids is 1. The second kappa shape index (κ2) is 6.50. The molecule has 2 rings (SSSR count). The predicted molar refractivity (Wildman–Crippen MR) is 89.8 cm³/mol. The molecule has 9 heteroatoms. The first-order chi connectivity index (χ1) is 11.0. The summed E-state index contributed by atoms with van der Waals surface area (Å²) < 4.78 is 24.6. The number of fused-ring (bicyclic) bond motifs is 1. The zero-order chi connectivity index (χ0) is 18.1. The van der Waals surface area contributed by atoms with Crippen LogP contribution in [0.1, 0.15) is 17.9 Å². The van der Waals surface area contributed by atoms with Crippen molar-refractivity contribution in [3.8, 4) is 0 Å². The Hall–Kier alpha value is -1.97. The summed E-state index contributed by atoms with van der Waals surface area (Å²) in [6.45, 7) is 0.431. The second-order valence-electron chi connectivity index (χ2n) is 6.47. The molecule has 0 aliphatic carbocycles. The summed E-state index contributed by atoms with van der Waals surface area (Å²) in [5, 5.41) is 9.03. The van der Waals surface area contributed by atoms with E-state index in [9.17, 15) is 18.0 Å². The summed E-state index contributed by atoms with van der Waals surface area (Å²) in [5.74, 6) is -1.77. The fourth-order valence-corrected chi connectivity index (χ4v) is 3.80. The van der Waals surface area contributed by atoms with Gasteiger partial charge in [0.25, 0.3) is 5.91 Å². The molecule has 2 unspecified atom stereocenters. The number of aliphatic carboxylic acids is 1. The molecule has 8 nitrogen and oxygen atoms in total. The topological polar surface area (TPSA) is 127 Å². The first-order valence-corrected chi connectivity index (χ1v) is 9.34. The SMILES string of the molecule is C[N+]1(CC(=O)NS(C)(=O)=O)CC(C[C@H](N)C(=O)O)c2ccccc21. The highest BCUT2D eigenvalue weighted by atomic mass is 32.2. The molecule has 1 aromatic rings. The minimum atomic E-state index is -3.62. The van der Waals surface area contributed by atoms with Crippen molar-refractivity contribution in [3.63, 3.8) is 0 Å². The van der Waals surface area contributed by atoms with Crippen molar-refractivity contribution in [2.45, 2.75) is 18.4 Å². The Morgan fingerprint density at radius 3 is 2.62 bits per heavy atom. The van der Waals surface area contributed by atoms with Crippen molar-refractivity contribution >= 4 is 27.6 Å². The van der Waals surface area contributed by atoms with Gasteiger partial charge in [-0.2, -0.15) is 0 Å². The summed E-state index contributed by atoms with van der Waals surface area (Å²) in [5.41, 5.74) is 7.49. The molecule has 0 fully saturated rings. The molecule has 0 aromatic heterocycles. The number of benzene rings is 1. The van der Waals surface area contributed by atoms with E-state index in [2.05, 4.69) is 0 Å². The Bertz CT molecular complexity index is 764. The van der Waals surface area contributed by atoms with Crippen molar-refractivity contribution in [2.75, 3.05) is 26.4 Å². The van der Waals surface area contributed by atoms with Crippen LogP contribution in [-0.2, 0) is 19.6 Å². The molecule has 1 aliphatic heterocycles. The molecule has 4 N–H and O–H groups in total. The third kappa shape index (κ3) is 4.11. The standard InChI is InChI=1S/C15H21N3O5S/c1-18(9-14(19)17-24(2,22)23)8-10(7-12(16)15(20)21)11-5-3-4-6-13(11)18/h3-6,10,12H,7-9,16H2,1-2H3,(H-,17,19,20,21)/p+1/t10?,12-,18?/m0/s1. The number of carboxylic acid groups (broad SMARTS) is 1. The molecule has 24 heavy (non-hydrogen) atoms. The first kappa shape index (κ1) is 18.4. The van der Waals surface area contributed by atoms with Crippen LogP contribution in [0.2, 0.25) is 0 Å². The monoisotopic (exact) mass is 356 g/mol. The van der Waals surface area contributed by atoms with Gasteiger partial charge in [0.15, 0.2) is 6.54 Å². The molecule has 0 spiro atoms. The van der Waals surface area contributed by atoms with Crippen molar-refractivity contribution in [3.05, 3.63) is 29.8 Å². The minimum absolute atomic E-state index is 0.0527. The van der Waals surface area contributed by atoms with Crippen molar-refractivity contribution in [1.29, 1.82) is 0 Å². The number of quaternary nitrogens is 1. The number of sulfonamides is 1. The van der Waals surface area contributed by atoms with Gasteiger partial charge in [-0.15, -0.1) is 0 Å². The number of nitrogens with two attached hydrogens (primary N) is 1. The predicted octanol–water partition coefficient (Wildman–Crippen LogP) is -0.401. The number of hydrogen-bond acceptors (Lipinski definition) is 5. The van der Waals surface area contributed by atoms with Crippen LogP contribution in [0.25, 0.3) is 0 Å². The van der Waals surface area contributed by atoms with Gasteiger partial charge < -0.3 is 10.8 Å². The zero-order valence-electron chi connectivity index (χ0n) is 13.6. The first-order valence-electron chi connectivity index (χ1n) is 7.45. The van der Waals surface area contributed by atoms with E-state index in [4.69, 9.17) is 10.8 Å². The number of carbonyl (C=O) groups is 2. The van der Waals surface area contributed by atoms with E-state index >= 15 is 0 Å². The van der Waals surface area contributed by atoms with E-state index in [1.54, 1.807) is 0 Å². The summed E-state index contributed by atoms with van der Waals surface area (Å²) >= 11 is 0. The Morgan fingerprint density at radius 1 is 1.42 bits per heavy atom. The average molecular weight is 356 g/mol. The maximum atomic E-state index is 12.0. The highest BCUT2D eigenvalue weighted by molar-refractivity contribution is 7.89. The molecule has 1 aliphatic rings. The van der Waals surface area contributed by atoms with Crippen molar-refractivity contribution in [1.82, 2.24) is 9.21 Å². The molecule has 3 atom stereocenters. The van der Waals surface area contributed by atoms with Crippen LogP contribution in [-0.4, -0.2) is 57.8 Å². The molecule has 0 bridgehead atoms. The van der Waals surface area contributed by atoms with Crippen LogP contribution >= 0.6 is 0 Å². The molecular formula is C15H22N3O5S+. The summed E-state index contributed by atoms with van der Waals surface area (Å²) in [6, 6.07) is 6.47. The molecule has 1 amide bonds. The van der Waals surface area contributed by atoms with Crippen LogP contribution in [0.5, 0.6) is 0 Å². The van der Waals surface area contributed by atoms with Gasteiger partial charge in [0.1, 0.15) is 11.7 Å². The van der Waals surface area contributed by atoms with E-state index in [0.717, 1.165) is 17.5 Å². The van der Waals surface area contributed by atoms with Gasteiger partial charge in [-0.1, -0.05) is 18.2 Å². The van der Waals surface area contributed by atoms with Crippen LogP contribution in [0.4, 0.5) is 5.69 Å². The third-order valence-electron chi connectivity index (χ3n) is 4.23. The van der Waals surface area contributed by atoms with Gasteiger partial charge in [0, 0.05) is 11.5 Å². The largest absolute Gasteiger partial charge is 0.480 e. The van der Waals surface area contributed by atoms with Gasteiger partial charge in [0.05, 0.1) is 19.8 Å². The van der Waals surface area contributed by atoms with Crippen molar-refractivity contribution < 1.29 is 23.1 Å². The lowest BCUT2D eigenvalue weighted by atomic mass is 9.94. The minimum Gasteiger partial charge on any atom is -0.480 e. The number of para-hydroxylation sites is 1. The number of nitrogens with zero attached hydrogens (tertiary/aromatic N) is 1.